The Labute approximate surface area is 244 Å². The van der Waals surface area contributed by atoms with Crippen LogP contribution in [0, 0.1) is 0 Å². The first-order valence-corrected chi connectivity index (χ1v) is 14.6. The molecule has 218 valence electrons. The molecule has 2 aromatic carbocycles. The van der Waals surface area contributed by atoms with Crippen LogP contribution in [0.15, 0.2) is 102 Å². The van der Waals surface area contributed by atoms with E-state index in [-0.39, 0.29) is 22.8 Å². The molecule has 0 spiro atoms. The molecule has 0 aliphatic carbocycles. The number of benzene rings is 2. The summed E-state index contributed by atoms with van der Waals surface area (Å²) in [6, 6.07) is 24.2. The third kappa shape index (κ3) is 6.81. The van der Waals surface area contributed by atoms with Crippen molar-refractivity contribution in [3.63, 3.8) is 0 Å². The lowest BCUT2D eigenvalue weighted by Gasteiger charge is -2.30. The van der Waals surface area contributed by atoms with Crippen molar-refractivity contribution in [2.45, 2.75) is 42.6 Å². The fraction of sp³-hybridized carbons (Fsp3) is 0.226. The molecule has 11 heteroatoms. The summed E-state index contributed by atoms with van der Waals surface area (Å²) in [4.78, 5) is 31.6. The summed E-state index contributed by atoms with van der Waals surface area (Å²) in [6.45, 7) is 4.16. The molecule has 42 heavy (non-hydrogen) atoms. The molecule has 4 aromatic rings. The molecule has 10 nitrogen and oxygen atoms in total. The molecule has 2 heterocycles. The zero-order chi connectivity index (χ0) is 30.5. The Morgan fingerprint density at radius 1 is 0.905 bits per heavy atom. The monoisotopic (exact) mass is 588 g/mol. The van der Waals surface area contributed by atoms with Gasteiger partial charge < -0.3 is 15.6 Å². The SMILES string of the molecule is CC(C)(C)OC(=O)N(CC(=O)O)c1cccc(C(N)(Cc2ccc(-c3ccccc3)cc2)S(=O)(=O)c2cccnc2)n1. The Bertz CT molecular complexity index is 1660. The molecule has 1 unspecified atom stereocenters. The number of carbonyl (C=O) groups is 2. The molecule has 4 rings (SSSR count). The fourth-order valence-electron chi connectivity index (χ4n) is 4.29. The smallest absolute Gasteiger partial charge is 0.416 e. The van der Waals surface area contributed by atoms with Crippen molar-refractivity contribution in [2.75, 3.05) is 11.4 Å². The zero-order valence-electron chi connectivity index (χ0n) is 23.5. The Morgan fingerprint density at radius 2 is 1.57 bits per heavy atom. The largest absolute Gasteiger partial charge is 0.480 e. The minimum absolute atomic E-state index is 0.0880. The van der Waals surface area contributed by atoms with Crippen molar-refractivity contribution >= 4 is 27.7 Å². The van der Waals surface area contributed by atoms with Gasteiger partial charge in [-0.05, 0) is 61.7 Å². The number of rotatable bonds is 9. The maximum atomic E-state index is 14.1. The minimum atomic E-state index is -4.33. The van der Waals surface area contributed by atoms with Gasteiger partial charge >= 0.3 is 12.1 Å². The molecule has 0 saturated heterocycles. The third-order valence-electron chi connectivity index (χ3n) is 6.30. The van der Waals surface area contributed by atoms with Crippen molar-refractivity contribution in [3.8, 4) is 11.1 Å². The maximum Gasteiger partial charge on any atom is 0.416 e. The quantitative estimate of drug-likeness (QED) is 0.281. The number of hydrogen-bond acceptors (Lipinski definition) is 8. The van der Waals surface area contributed by atoms with Gasteiger partial charge in [-0.1, -0.05) is 60.7 Å². The summed E-state index contributed by atoms with van der Waals surface area (Å²) >= 11 is 0. The molecule has 0 bridgehead atoms. The molecule has 0 fully saturated rings. The van der Waals surface area contributed by atoms with E-state index in [4.69, 9.17) is 10.5 Å². The van der Waals surface area contributed by atoms with Crippen molar-refractivity contribution in [3.05, 3.63) is 109 Å². The summed E-state index contributed by atoms with van der Waals surface area (Å²) in [7, 11) is -4.33. The topological polar surface area (TPSA) is 153 Å². The Kier molecular flexibility index (Phi) is 8.74. The third-order valence-corrected chi connectivity index (χ3v) is 8.48. The van der Waals surface area contributed by atoms with Crippen molar-refractivity contribution in [2.24, 2.45) is 5.73 Å². The van der Waals surface area contributed by atoms with Gasteiger partial charge in [-0.25, -0.2) is 18.2 Å². The van der Waals surface area contributed by atoms with Gasteiger partial charge in [0.15, 0.2) is 4.87 Å². The standard InChI is InChI=1S/C31H32N4O6S/c1-30(2,3)41-29(38)35(21-28(36)37)27-13-7-12-26(34-27)31(32,42(39,40)25-11-8-18-33-20-25)19-22-14-16-24(17-15-22)23-9-5-4-6-10-23/h4-18,20H,19,21,32H2,1-3H3,(H,36,37). The van der Waals surface area contributed by atoms with Crippen LogP contribution < -0.4 is 10.6 Å². The highest BCUT2D eigenvalue weighted by Crippen LogP contribution is 2.35. The van der Waals surface area contributed by atoms with Gasteiger partial charge in [-0.2, -0.15) is 0 Å². The summed E-state index contributed by atoms with van der Waals surface area (Å²) in [5, 5.41) is 9.49. The summed E-state index contributed by atoms with van der Waals surface area (Å²) in [5.74, 6) is -1.44. The second-order valence-corrected chi connectivity index (χ2v) is 12.9. The molecule has 0 aliphatic heterocycles. The van der Waals surface area contributed by atoms with Gasteiger partial charge in [-0.15, -0.1) is 0 Å². The number of amides is 1. The fourth-order valence-corrected chi connectivity index (χ4v) is 5.91. The molecular weight excluding hydrogens is 556 g/mol. The van der Waals surface area contributed by atoms with Gasteiger partial charge in [0.2, 0.25) is 9.84 Å². The summed E-state index contributed by atoms with van der Waals surface area (Å²) in [6.07, 6.45) is 1.52. The average Bonchev–Trinajstić information content (AvgIpc) is 2.96. The molecular formula is C31H32N4O6S. The molecule has 0 saturated carbocycles. The lowest BCUT2D eigenvalue weighted by Crippen LogP contribution is -2.48. The Balaban J connectivity index is 1.81. The first-order valence-electron chi connectivity index (χ1n) is 13.1. The van der Waals surface area contributed by atoms with E-state index in [0.29, 0.717) is 5.56 Å². The second kappa shape index (κ2) is 12.1. The predicted molar refractivity (Wildman–Crippen MR) is 158 cm³/mol. The van der Waals surface area contributed by atoms with Crippen LogP contribution in [0.4, 0.5) is 10.6 Å². The molecule has 1 atom stereocenters. The lowest BCUT2D eigenvalue weighted by atomic mass is 9.99. The van der Waals surface area contributed by atoms with Crippen molar-refractivity contribution in [1.82, 2.24) is 9.97 Å². The van der Waals surface area contributed by atoms with Gasteiger partial charge in [-0.3, -0.25) is 14.7 Å². The van der Waals surface area contributed by atoms with Crippen LogP contribution in [0.25, 0.3) is 11.1 Å². The first kappa shape index (κ1) is 30.4. The number of pyridine rings is 2. The van der Waals surface area contributed by atoms with Gasteiger partial charge in [0, 0.05) is 18.8 Å². The number of hydrogen-bond donors (Lipinski definition) is 2. The van der Waals surface area contributed by atoms with Crippen molar-refractivity contribution < 1.29 is 27.9 Å². The van der Waals surface area contributed by atoms with E-state index >= 15 is 0 Å². The highest BCUT2D eigenvalue weighted by Gasteiger charge is 2.45. The van der Waals surface area contributed by atoms with E-state index in [1.165, 1.54) is 42.7 Å². The second-order valence-electron chi connectivity index (χ2n) is 10.7. The van der Waals surface area contributed by atoms with E-state index in [1.54, 1.807) is 32.9 Å². The summed E-state index contributed by atoms with van der Waals surface area (Å²) in [5.41, 5.74) is 8.38. The van der Waals surface area contributed by atoms with Crippen LogP contribution in [-0.4, -0.2) is 47.7 Å². The van der Waals surface area contributed by atoms with Crippen LogP contribution in [0.2, 0.25) is 0 Å². The van der Waals surface area contributed by atoms with E-state index in [9.17, 15) is 23.1 Å². The number of aromatic nitrogens is 2. The van der Waals surface area contributed by atoms with E-state index in [2.05, 4.69) is 9.97 Å². The number of carboxylic acids is 1. The number of aliphatic carboxylic acids is 1. The minimum Gasteiger partial charge on any atom is -0.480 e. The highest BCUT2D eigenvalue weighted by molar-refractivity contribution is 7.92. The van der Waals surface area contributed by atoms with Crippen molar-refractivity contribution in [1.29, 1.82) is 0 Å². The van der Waals surface area contributed by atoms with E-state index in [0.717, 1.165) is 16.0 Å². The average molecular weight is 589 g/mol. The Morgan fingerprint density at radius 3 is 2.17 bits per heavy atom. The molecule has 2 aromatic heterocycles. The Hall–Kier alpha value is -4.61. The van der Waals surface area contributed by atoms with Crippen LogP contribution >= 0.6 is 0 Å². The van der Waals surface area contributed by atoms with Gasteiger partial charge in [0.25, 0.3) is 0 Å². The number of carboxylic acid groups (broad SMARTS) is 1. The van der Waals surface area contributed by atoms with Crippen LogP contribution in [-0.2, 0) is 30.7 Å². The molecule has 1 amide bonds. The predicted octanol–water partition coefficient (Wildman–Crippen LogP) is 4.80. The number of carbonyl (C=O) groups excluding carboxylic acids is 1. The number of nitrogens with two attached hydrogens (primary N) is 1. The lowest BCUT2D eigenvalue weighted by molar-refractivity contribution is -0.135. The number of nitrogens with zero attached hydrogens (tertiary/aromatic N) is 3. The molecule has 0 radical (unpaired) electrons. The van der Waals surface area contributed by atoms with Crippen LogP contribution in [0.5, 0.6) is 0 Å². The van der Waals surface area contributed by atoms with Gasteiger partial charge in [0.1, 0.15) is 18.0 Å². The number of anilines is 1. The van der Waals surface area contributed by atoms with Crippen LogP contribution in [0.1, 0.15) is 32.0 Å². The zero-order valence-corrected chi connectivity index (χ0v) is 24.3. The van der Waals surface area contributed by atoms with E-state index < -0.39 is 38.9 Å². The van der Waals surface area contributed by atoms with E-state index in [1.807, 2.05) is 42.5 Å². The number of sulfone groups is 1. The number of ether oxygens (including phenoxy) is 1. The maximum absolute atomic E-state index is 14.1. The molecule has 0 aliphatic rings. The highest BCUT2D eigenvalue weighted by atomic mass is 32.2. The summed E-state index contributed by atoms with van der Waals surface area (Å²) < 4.78 is 33.6. The van der Waals surface area contributed by atoms with Gasteiger partial charge in [0.05, 0.1) is 10.6 Å². The normalized spacial score (nSPS) is 13.1. The van der Waals surface area contributed by atoms with Crippen LogP contribution in [0.3, 0.4) is 0 Å². The molecule has 3 N–H and O–H groups in total. The first-order chi connectivity index (χ1) is 19.8.